The van der Waals surface area contributed by atoms with Crippen LogP contribution in [-0.2, 0) is 19.1 Å². The van der Waals surface area contributed by atoms with E-state index in [-0.39, 0.29) is 35.7 Å². The van der Waals surface area contributed by atoms with Crippen LogP contribution in [0.25, 0.3) is 44.4 Å². The summed E-state index contributed by atoms with van der Waals surface area (Å²) in [6, 6.07) is 20.2. The molecule has 0 unspecified atom stereocenters. The normalized spacial score (nSPS) is 18.5. The van der Waals surface area contributed by atoms with Gasteiger partial charge in [0.1, 0.15) is 23.7 Å². The molecule has 3 aromatic carbocycles. The van der Waals surface area contributed by atoms with Crippen molar-refractivity contribution in [3.8, 4) is 33.6 Å². The minimum atomic E-state index is -1.75. The third kappa shape index (κ3) is 8.81. The quantitative estimate of drug-likeness (QED) is 0.0974. The number of nitrogens with zero attached hydrogens (tertiary/aromatic N) is 4. The third-order valence-corrected chi connectivity index (χ3v) is 14.5. The van der Waals surface area contributed by atoms with E-state index in [1.165, 1.54) is 14.2 Å². The Morgan fingerprint density at radius 1 is 0.683 bits per heavy atom. The van der Waals surface area contributed by atoms with Crippen molar-refractivity contribution in [2.45, 2.75) is 83.8 Å². The molecule has 0 aliphatic carbocycles. The first kappa shape index (κ1) is 42.2. The number of hydrogen-bond acceptors (Lipinski definition) is 8. The molecule has 60 heavy (non-hydrogen) atoms. The molecule has 2 aromatic heterocycles. The molecule has 2 fully saturated rings. The Morgan fingerprint density at radius 3 is 1.73 bits per heavy atom. The first-order valence-electron chi connectivity index (χ1n) is 20.7. The van der Waals surface area contributed by atoms with Gasteiger partial charge >= 0.3 is 12.2 Å². The minimum absolute atomic E-state index is 0.106. The standard InChI is InChI=1S/C45H56N8O6Si/c1-26(2)38(50-44(56)58-5)42(54)52-19-9-10-36(52)40-46-23-35(49-40)33-18-17-31-20-30(15-16-32(31)21-33)28-11-13-29(14-12-28)34-22-47-41(48-34)37-24-60(7,8)25-53(37)43(55)39(27(3)4)51-45(57)59-6/h11-18,20-23,26-27,36-39H,9-10,19,24-25H2,1-8H3,(H,46,49)(H,47,48)(H,50,56)(H,51,57)/t36-,37-,38-,39-/m0/s1. The van der Waals surface area contributed by atoms with E-state index in [4.69, 9.17) is 19.4 Å². The maximum Gasteiger partial charge on any atom is 0.407 e. The molecule has 2 saturated heterocycles. The van der Waals surface area contributed by atoms with Crippen molar-refractivity contribution in [1.29, 1.82) is 0 Å². The number of methoxy groups -OCH3 is 2. The number of carbonyl (C=O) groups is 4. The summed E-state index contributed by atoms with van der Waals surface area (Å²) in [5.74, 6) is 1.01. The summed E-state index contributed by atoms with van der Waals surface area (Å²) in [6.45, 7) is 12.8. The highest BCUT2D eigenvalue weighted by Crippen LogP contribution is 2.39. The largest absolute Gasteiger partial charge is 0.453 e. The molecule has 2 aliphatic rings. The zero-order valence-corrected chi connectivity index (χ0v) is 36.7. The summed E-state index contributed by atoms with van der Waals surface area (Å²) < 4.78 is 9.58. The minimum Gasteiger partial charge on any atom is -0.453 e. The lowest BCUT2D eigenvalue weighted by Crippen LogP contribution is -2.52. The molecule has 7 rings (SSSR count). The summed E-state index contributed by atoms with van der Waals surface area (Å²) in [5, 5.41) is 7.64. The van der Waals surface area contributed by atoms with E-state index in [0.717, 1.165) is 74.9 Å². The first-order valence-corrected chi connectivity index (χ1v) is 24.1. The van der Waals surface area contributed by atoms with Gasteiger partial charge in [-0.3, -0.25) is 9.59 Å². The highest BCUT2D eigenvalue weighted by molar-refractivity contribution is 6.78. The lowest BCUT2D eigenvalue weighted by atomic mass is 9.98. The van der Waals surface area contributed by atoms with Gasteiger partial charge in [0.2, 0.25) is 11.8 Å². The van der Waals surface area contributed by atoms with Crippen molar-refractivity contribution in [2.24, 2.45) is 11.8 Å². The molecule has 4 N–H and O–H groups in total. The highest BCUT2D eigenvalue weighted by atomic mass is 28.3. The number of benzene rings is 3. The summed E-state index contributed by atoms with van der Waals surface area (Å²) in [5.41, 5.74) is 5.90. The Labute approximate surface area is 351 Å². The molecule has 316 valence electrons. The van der Waals surface area contributed by atoms with E-state index < -0.39 is 32.3 Å². The molecular formula is C45H56N8O6Si. The van der Waals surface area contributed by atoms with Crippen LogP contribution in [0.1, 0.15) is 64.3 Å². The fourth-order valence-electron chi connectivity index (χ4n) is 8.56. The lowest BCUT2D eigenvalue weighted by Gasteiger charge is -2.30. The average Bonchev–Trinajstić information content (AvgIpc) is 4.07. The summed E-state index contributed by atoms with van der Waals surface area (Å²) >= 11 is 0. The fraction of sp³-hybridized carbons (Fsp3) is 0.422. The van der Waals surface area contributed by atoms with Crippen LogP contribution < -0.4 is 10.6 Å². The van der Waals surface area contributed by atoms with Gasteiger partial charge < -0.3 is 39.9 Å². The van der Waals surface area contributed by atoms with Crippen molar-refractivity contribution in [3.63, 3.8) is 0 Å². The van der Waals surface area contributed by atoms with Crippen LogP contribution in [0.5, 0.6) is 0 Å². The SMILES string of the molecule is COC(=O)N[C@H](C(=O)N1CCC[C@H]1c1ncc(-c2ccc3cc(-c4ccc(-c5cnc([C@@H]6C[Si](C)(C)CN6C(=O)[C@@H](NC(=O)OC)C(C)C)[nH]5)cc4)ccc3c2)[nH]1)C(C)C. The van der Waals surface area contributed by atoms with Gasteiger partial charge in [0.05, 0.1) is 58.2 Å². The van der Waals surface area contributed by atoms with Gasteiger partial charge in [-0.25, -0.2) is 19.6 Å². The van der Waals surface area contributed by atoms with Gasteiger partial charge in [0.15, 0.2) is 0 Å². The molecule has 5 aromatic rings. The number of fused-ring (bicyclic) bond motifs is 1. The molecule has 0 saturated carbocycles. The van der Waals surface area contributed by atoms with Gasteiger partial charge in [-0.2, -0.15) is 0 Å². The Balaban J connectivity index is 1.04. The number of alkyl carbamates (subject to hydrolysis) is 2. The monoisotopic (exact) mass is 832 g/mol. The van der Waals surface area contributed by atoms with Crippen LogP contribution in [0.3, 0.4) is 0 Å². The molecular weight excluding hydrogens is 777 g/mol. The molecule has 0 spiro atoms. The first-order chi connectivity index (χ1) is 28.7. The zero-order chi connectivity index (χ0) is 42.9. The number of imidazole rings is 2. The lowest BCUT2D eigenvalue weighted by molar-refractivity contribution is -0.136. The zero-order valence-electron chi connectivity index (χ0n) is 35.7. The predicted octanol–water partition coefficient (Wildman–Crippen LogP) is 7.84. The number of aromatic nitrogens is 4. The van der Waals surface area contributed by atoms with Gasteiger partial charge in [0.25, 0.3) is 0 Å². The van der Waals surface area contributed by atoms with Crippen LogP contribution >= 0.6 is 0 Å². The Morgan fingerprint density at radius 2 is 1.17 bits per heavy atom. The number of nitrogens with one attached hydrogen (secondary N) is 4. The predicted molar refractivity (Wildman–Crippen MR) is 233 cm³/mol. The van der Waals surface area contributed by atoms with E-state index in [1.807, 2.05) is 49.9 Å². The molecule has 2 aliphatic heterocycles. The van der Waals surface area contributed by atoms with Crippen molar-refractivity contribution >= 4 is 42.8 Å². The van der Waals surface area contributed by atoms with Crippen LogP contribution in [0.4, 0.5) is 9.59 Å². The molecule has 4 atom stereocenters. The number of carbonyl (C=O) groups excluding carboxylic acids is 4. The van der Waals surface area contributed by atoms with Crippen molar-refractivity contribution in [3.05, 3.63) is 84.7 Å². The second-order valence-corrected chi connectivity index (χ2v) is 22.5. The van der Waals surface area contributed by atoms with E-state index in [1.54, 1.807) is 0 Å². The van der Waals surface area contributed by atoms with Crippen LogP contribution in [0.15, 0.2) is 73.1 Å². The number of amides is 4. The Kier molecular flexibility index (Phi) is 12.2. The Bertz CT molecular complexity index is 2370. The molecule has 0 bridgehead atoms. The third-order valence-electron chi connectivity index (χ3n) is 11.8. The maximum absolute atomic E-state index is 13.9. The number of aromatic amines is 2. The van der Waals surface area contributed by atoms with Gasteiger partial charge in [-0.15, -0.1) is 0 Å². The smallest absolute Gasteiger partial charge is 0.407 e. The van der Waals surface area contributed by atoms with Crippen LogP contribution in [0, 0.1) is 11.8 Å². The number of hydrogen-bond donors (Lipinski definition) is 4. The highest BCUT2D eigenvalue weighted by Gasteiger charge is 2.46. The van der Waals surface area contributed by atoms with Crippen molar-refractivity contribution in [1.82, 2.24) is 40.4 Å². The number of ether oxygens (including phenoxy) is 2. The molecule has 4 heterocycles. The maximum atomic E-state index is 13.9. The molecule has 15 heteroatoms. The average molecular weight is 833 g/mol. The fourth-order valence-corrected chi connectivity index (χ4v) is 11.4. The van der Waals surface area contributed by atoms with Crippen LogP contribution in [-0.4, -0.2) is 101 Å². The number of rotatable bonds is 11. The van der Waals surface area contributed by atoms with Gasteiger partial charge in [0, 0.05) is 18.3 Å². The topological polar surface area (TPSA) is 175 Å². The second kappa shape index (κ2) is 17.3. The molecule has 0 radical (unpaired) electrons. The van der Waals surface area contributed by atoms with Crippen LogP contribution in [0.2, 0.25) is 19.1 Å². The summed E-state index contributed by atoms with van der Waals surface area (Å²) in [7, 11) is 0.849. The summed E-state index contributed by atoms with van der Waals surface area (Å²) in [4.78, 5) is 71.8. The van der Waals surface area contributed by atoms with E-state index in [0.29, 0.717) is 12.7 Å². The van der Waals surface area contributed by atoms with E-state index in [9.17, 15) is 19.2 Å². The Hall–Kier alpha value is -5.96. The van der Waals surface area contributed by atoms with Crippen molar-refractivity contribution in [2.75, 3.05) is 26.9 Å². The number of likely N-dealkylation sites (tertiary alicyclic amines) is 1. The molecule has 14 nitrogen and oxygen atoms in total. The number of H-pyrrole nitrogens is 2. The summed E-state index contributed by atoms with van der Waals surface area (Å²) in [6.07, 6.45) is 4.73. The van der Waals surface area contributed by atoms with Gasteiger partial charge in [-0.1, -0.05) is 89.3 Å². The van der Waals surface area contributed by atoms with E-state index >= 15 is 0 Å². The molecule has 4 amide bonds. The van der Waals surface area contributed by atoms with E-state index in [2.05, 4.69) is 94.4 Å². The van der Waals surface area contributed by atoms with Gasteiger partial charge in [-0.05, 0) is 70.3 Å². The van der Waals surface area contributed by atoms with Crippen molar-refractivity contribution < 1.29 is 28.7 Å². The second-order valence-electron chi connectivity index (χ2n) is 17.5.